The van der Waals surface area contributed by atoms with Gasteiger partial charge in [0.05, 0.1) is 6.42 Å². The summed E-state index contributed by atoms with van der Waals surface area (Å²) in [6, 6.07) is 8.09. The van der Waals surface area contributed by atoms with Gasteiger partial charge >= 0.3 is 5.97 Å². The number of hydrogen-bond acceptors (Lipinski definition) is 3. The predicted octanol–water partition coefficient (Wildman–Crippen LogP) is 4.52. The summed E-state index contributed by atoms with van der Waals surface area (Å²) in [7, 11) is 0. The summed E-state index contributed by atoms with van der Waals surface area (Å²) in [5, 5.41) is 4.50. The number of esters is 1. The van der Waals surface area contributed by atoms with Gasteiger partial charge in [-0.25, -0.2) is 0 Å². The molecule has 3 aliphatic rings. The van der Waals surface area contributed by atoms with E-state index in [2.05, 4.69) is 17.4 Å². The van der Waals surface area contributed by atoms with Gasteiger partial charge in [-0.3, -0.25) is 4.79 Å². The first kappa shape index (κ1) is 17.8. The molecule has 132 valence electrons. The molecule has 1 aromatic carbocycles. The van der Waals surface area contributed by atoms with Crippen LogP contribution >= 0.6 is 11.6 Å². The Morgan fingerprint density at radius 3 is 2.42 bits per heavy atom. The lowest BCUT2D eigenvalue weighted by Crippen LogP contribution is -2.74. The number of benzene rings is 1. The second-order valence-corrected chi connectivity index (χ2v) is 9.17. The molecule has 1 aromatic rings. The molecule has 0 saturated heterocycles. The van der Waals surface area contributed by atoms with Crippen LogP contribution in [0, 0.1) is 5.41 Å². The third-order valence-electron chi connectivity index (χ3n) is 5.14. The number of rotatable bonds is 7. The number of aryl methyl sites for hydroxylation is 1. The molecule has 0 unspecified atom stereocenters. The minimum Gasteiger partial charge on any atom is -0.460 e. The summed E-state index contributed by atoms with van der Waals surface area (Å²) < 4.78 is 5.45. The van der Waals surface area contributed by atoms with Gasteiger partial charge < -0.3 is 10.1 Å². The van der Waals surface area contributed by atoms with Gasteiger partial charge in [0.15, 0.2) is 0 Å². The first-order valence-electron chi connectivity index (χ1n) is 8.91. The molecule has 0 aliphatic heterocycles. The summed E-state index contributed by atoms with van der Waals surface area (Å²) in [6.07, 6.45) is 6.16. The van der Waals surface area contributed by atoms with Crippen LogP contribution in [0.15, 0.2) is 24.3 Å². The van der Waals surface area contributed by atoms with Crippen molar-refractivity contribution in [1.29, 1.82) is 0 Å². The van der Waals surface area contributed by atoms with Gasteiger partial charge in [0, 0.05) is 10.6 Å². The Bertz CT molecular complexity index is 583. The van der Waals surface area contributed by atoms with E-state index >= 15 is 0 Å². The molecule has 0 heterocycles. The third-order valence-corrected chi connectivity index (χ3v) is 5.39. The molecule has 3 aliphatic carbocycles. The molecule has 1 N–H and O–H groups in total. The highest BCUT2D eigenvalue weighted by atomic mass is 35.5. The molecule has 4 heteroatoms. The van der Waals surface area contributed by atoms with Crippen LogP contribution in [0.3, 0.4) is 0 Å². The molecule has 3 fully saturated rings. The van der Waals surface area contributed by atoms with Crippen LogP contribution in [0.2, 0.25) is 5.02 Å². The highest BCUT2D eigenvalue weighted by Crippen LogP contribution is 2.69. The third kappa shape index (κ3) is 4.12. The van der Waals surface area contributed by atoms with Crippen molar-refractivity contribution in [2.75, 3.05) is 6.54 Å². The fourth-order valence-electron chi connectivity index (χ4n) is 4.35. The second-order valence-electron chi connectivity index (χ2n) is 8.73. The van der Waals surface area contributed by atoms with Gasteiger partial charge in [-0.05, 0) is 82.5 Å². The molecule has 0 atom stereocenters. The monoisotopic (exact) mass is 349 g/mol. The normalized spacial score (nSPS) is 28.0. The van der Waals surface area contributed by atoms with Crippen LogP contribution in [-0.4, -0.2) is 23.7 Å². The topological polar surface area (TPSA) is 38.3 Å². The summed E-state index contributed by atoms with van der Waals surface area (Å²) >= 11 is 5.90. The first-order chi connectivity index (χ1) is 11.2. The maximum atomic E-state index is 12.0. The van der Waals surface area contributed by atoms with Crippen LogP contribution in [0.1, 0.15) is 58.4 Å². The van der Waals surface area contributed by atoms with Crippen LogP contribution in [-0.2, 0) is 16.0 Å². The standard InChI is InChI=1S/C20H28ClNO2/c1-18(2,3)24-17(23)11-19-12-20(13-19,14-19)22-10-4-5-15-6-8-16(21)9-7-15/h6-9,22H,4-5,10-14H2,1-3H3. The Morgan fingerprint density at radius 2 is 1.83 bits per heavy atom. The molecular formula is C20H28ClNO2. The zero-order valence-corrected chi connectivity index (χ0v) is 15.7. The van der Waals surface area contributed by atoms with E-state index in [1.54, 1.807) is 0 Å². The second kappa shape index (κ2) is 6.34. The molecular weight excluding hydrogens is 322 g/mol. The van der Waals surface area contributed by atoms with Crippen molar-refractivity contribution in [2.24, 2.45) is 5.41 Å². The minimum atomic E-state index is -0.377. The number of hydrogen-bond donors (Lipinski definition) is 1. The fraction of sp³-hybridized carbons (Fsp3) is 0.650. The van der Waals surface area contributed by atoms with Crippen LogP contribution < -0.4 is 5.32 Å². The van der Waals surface area contributed by atoms with Gasteiger partial charge in [-0.15, -0.1) is 0 Å². The number of halogens is 1. The maximum Gasteiger partial charge on any atom is 0.306 e. The van der Waals surface area contributed by atoms with Crippen LogP contribution in [0.5, 0.6) is 0 Å². The van der Waals surface area contributed by atoms with Crippen molar-refractivity contribution in [1.82, 2.24) is 5.32 Å². The van der Waals surface area contributed by atoms with Crippen molar-refractivity contribution in [3.05, 3.63) is 34.9 Å². The number of ether oxygens (including phenoxy) is 1. The molecule has 0 aromatic heterocycles. The van der Waals surface area contributed by atoms with E-state index in [1.165, 1.54) is 5.56 Å². The summed E-state index contributed by atoms with van der Waals surface area (Å²) in [6.45, 7) is 6.81. The van der Waals surface area contributed by atoms with E-state index in [-0.39, 0.29) is 17.0 Å². The molecule has 24 heavy (non-hydrogen) atoms. The summed E-state index contributed by atoms with van der Waals surface area (Å²) in [5.74, 6) is -0.0430. The lowest BCUT2D eigenvalue weighted by Gasteiger charge is -2.71. The Kier molecular flexibility index (Phi) is 4.69. The lowest BCUT2D eigenvalue weighted by molar-refractivity contribution is -0.187. The van der Waals surface area contributed by atoms with Gasteiger partial charge in [0.2, 0.25) is 0 Å². The SMILES string of the molecule is CC(C)(C)OC(=O)CC12CC(NCCCc3ccc(Cl)cc3)(C1)C2. The molecule has 0 radical (unpaired) electrons. The average Bonchev–Trinajstić information content (AvgIpc) is 2.38. The Balaban J connectivity index is 1.33. The molecule has 4 rings (SSSR count). The smallest absolute Gasteiger partial charge is 0.306 e. The van der Waals surface area contributed by atoms with Gasteiger partial charge in [0.1, 0.15) is 5.60 Å². The average molecular weight is 350 g/mol. The van der Waals surface area contributed by atoms with E-state index < -0.39 is 0 Å². The zero-order valence-electron chi connectivity index (χ0n) is 15.0. The predicted molar refractivity (Wildman–Crippen MR) is 97.3 cm³/mol. The van der Waals surface area contributed by atoms with E-state index in [1.807, 2.05) is 32.9 Å². The molecule has 0 spiro atoms. The molecule has 2 bridgehead atoms. The number of carbonyl (C=O) groups excluding carboxylic acids is 1. The number of nitrogens with one attached hydrogen (secondary N) is 1. The lowest BCUT2D eigenvalue weighted by atomic mass is 9.38. The van der Waals surface area contributed by atoms with E-state index in [0.717, 1.165) is 43.7 Å². The summed E-state index contributed by atoms with van der Waals surface area (Å²) in [4.78, 5) is 12.0. The van der Waals surface area contributed by atoms with Gasteiger partial charge in [-0.1, -0.05) is 23.7 Å². The largest absolute Gasteiger partial charge is 0.460 e. The molecule has 3 nitrogen and oxygen atoms in total. The van der Waals surface area contributed by atoms with Crippen molar-refractivity contribution in [2.45, 2.75) is 70.4 Å². The van der Waals surface area contributed by atoms with E-state index in [4.69, 9.17) is 16.3 Å². The first-order valence-corrected chi connectivity index (χ1v) is 9.29. The number of carbonyl (C=O) groups is 1. The van der Waals surface area contributed by atoms with E-state index in [0.29, 0.717) is 12.0 Å². The quantitative estimate of drug-likeness (QED) is 0.581. The highest BCUT2D eigenvalue weighted by Gasteiger charge is 2.67. The van der Waals surface area contributed by atoms with Crippen LogP contribution in [0.25, 0.3) is 0 Å². The van der Waals surface area contributed by atoms with Crippen molar-refractivity contribution in [3.8, 4) is 0 Å². The van der Waals surface area contributed by atoms with Crippen molar-refractivity contribution < 1.29 is 9.53 Å². The highest BCUT2D eigenvalue weighted by molar-refractivity contribution is 6.30. The Hall–Kier alpha value is -1.06. The van der Waals surface area contributed by atoms with Gasteiger partial charge in [-0.2, -0.15) is 0 Å². The van der Waals surface area contributed by atoms with Crippen LogP contribution in [0.4, 0.5) is 0 Å². The zero-order chi connectivity index (χ0) is 17.4. The minimum absolute atomic E-state index is 0.0430. The summed E-state index contributed by atoms with van der Waals surface area (Å²) in [5.41, 5.74) is 1.49. The fourth-order valence-corrected chi connectivity index (χ4v) is 4.48. The maximum absolute atomic E-state index is 12.0. The van der Waals surface area contributed by atoms with Gasteiger partial charge in [0.25, 0.3) is 0 Å². The van der Waals surface area contributed by atoms with E-state index in [9.17, 15) is 4.79 Å². The molecule has 3 saturated carbocycles. The van der Waals surface area contributed by atoms with Crippen molar-refractivity contribution in [3.63, 3.8) is 0 Å². The molecule has 0 amide bonds. The Labute approximate surface area is 150 Å². The van der Waals surface area contributed by atoms with Crippen molar-refractivity contribution >= 4 is 17.6 Å². The Morgan fingerprint density at radius 1 is 1.21 bits per heavy atom.